The molecule has 2 aliphatic heterocycles. The first-order valence-corrected chi connectivity index (χ1v) is 8.25. The summed E-state index contributed by atoms with van der Waals surface area (Å²) in [5, 5.41) is 11.4. The number of aromatic nitrogens is 3. The summed E-state index contributed by atoms with van der Waals surface area (Å²) in [6, 6.07) is 5.97. The van der Waals surface area contributed by atoms with Gasteiger partial charge in [0.25, 0.3) is 0 Å². The number of hydrogen-bond donors (Lipinski definition) is 1. The van der Waals surface area contributed by atoms with E-state index in [0.717, 1.165) is 48.1 Å². The van der Waals surface area contributed by atoms with Gasteiger partial charge in [-0.2, -0.15) is 0 Å². The first kappa shape index (κ1) is 15.0. The number of aryl methyl sites for hydroxylation is 3. The van der Waals surface area contributed by atoms with E-state index in [1.54, 1.807) is 0 Å². The maximum Gasteiger partial charge on any atom is 0.231 e. The van der Waals surface area contributed by atoms with Crippen LogP contribution >= 0.6 is 0 Å². The van der Waals surface area contributed by atoms with Crippen LogP contribution in [0.15, 0.2) is 18.2 Å². The van der Waals surface area contributed by atoms with Gasteiger partial charge in [-0.05, 0) is 37.5 Å². The number of carbonyl (C=O) groups is 1. The van der Waals surface area contributed by atoms with E-state index in [1.165, 1.54) is 0 Å². The summed E-state index contributed by atoms with van der Waals surface area (Å²) in [7, 11) is 0. The van der Waals surface area contributed by atoms with Crippen LogP contribution in [-0.4, -0.2) is 33.5 Å². The molecule has 1 amide bonds. The second kappa shape index (κ2) is 6.14. The van der Waals surface area contributed by atoms with Gasteiger partial charge in [0.05, 0.1) is 0 Å². The van der Waals surface area contributed by atoms with Gasteiger partial charge in [-0.15, -0.1) is 10.2 Å². The molecule has 0 saturated carbocycles. The molecule has 7 nitrogen and oxygen atoms in total. The average Bonchev–Trinajstić information content (AvgIpc) is 3.19. The minimum atomic E-state index is 0.0758. The Morgan fingerprint density at radius 1 is 1.33 bits per heavy atom. The molecule has 0 spiro atoms. The molecule has 3 heterocycles. The highest BCUT2D eigenvalue weighted by Crippen LogP contribution is 2.32. The summed E-state index contributed by atoms with van der Waals surface area (Å²) in [6.07, 6.45) is 2.91. The number of nitrogens with zero attached hydrogens (tertiary/aromatic N) is 3. The van der Waals surface area contributed by atoms with E-state index in [9.17, 15) is 4.79 Å². The number of carbonyl (C=O) groups excluding carboxylic acids is 1. The van der Waals surface area contributed by atoms with Crippen LogP contribution in [0.1, 0.15) is 30.1 Å². The second-order valence-electron chi connectivity index (χ2n) is 6.26. The molecular weight excluding hydrogens is 308 g/mol. The van der Waals surface area contributed by atoms with E-state index >= 15 is 0 Å². The largest absolute Gasteiger partial charge is 0.454 e. The Balaban J connectivity index is 1.30. The van der Waals surface area contributed by atoms with Gasteiger partial charge in [0.15, 0.2) is 11.5 Å². The van der Waals surface area contributed by atoms with Crippen molar-refractivity contribution in [3.05, 3.63) is 35.4 Å². The highest BCUT2D eigenvalue weighted by molar-refractivity contribution is 5.76. The number of benzene rings is 1. The van der Waals surface area contributed by atoms with Crippen LogP contribution in [0.3, 0.4) is 0 Å². The van der Waals surface area contributed by atoms with Crippen LogP contribution in [0.4, 0.5) is 0 Å². The number of ether oxygens (including phenoxy) is 2. The van der Waals surface area contributed by atoms with E-state index in [-0.39, 0.29) is 18.7 Å². The van der Waals surface area contributed by atoms with E-state index in [0.29, 0.717) is 12.8 Å². The molecule has 0 radical (unpaired) electrons. The van der Waals surface area contributed by atoms with Crippen LogP contribution in [0.5, 0.6) is 11.5 Å². The van der Waals surface area contributed by atoms with E-state index < -0.39 is 0 Å². The molecule has 2 aromatic rings. The molecule has 1 atom stereocenters. The van der Waals surface area contributed by atoms with Crippen LogP contribution < -0.4 is 14.8 Å². The molecule has 7 heteroatoms. The summed E-state index contributed by atoms with van der Waals surface area (Å²) in [5.74, 6) is 3.52. The van der Waals surface area contributed by atoms with Crippen molar-refractivity contribution in [1.82, 2.24) is 20.1 Å². The molecule has 1 N–H and O–H groups in total. The maximum atomic E-state index is 12.2. The summed E-state index contributed by atoms with van der Waals surface area (Å²) >= 11 is 0. The Morgan fingerprint density at radius 2 is 2.21 bits per heavy atom. The van der Waals surface area contributed by atoms with E-state index in [1.807, 2.05) is 25.1 Å². The molecule has 0 fully saturated rings. The molecule has 126 valence electrons. The molecule has 0 bridgehead atoms. The van der Waals surface area contributed by atoms with Crippen LogP contribution in [0.25, 0.3) is 0 Å². The molecule has 2 aliphatic rings. The molecule has 0 aliphatic carbocycles. The predicted octanol–water partition coefficient (Wildman–Crippen LogP) is 1.38. The summed E-state index contributed by atoms with van der Waals surface area (Å²) in [5.41, 5.74) is 1.08. The molecular formula is C17H20N4O3. The highest BCUT2D eigenvalue weighted by Gasteiger charge is 2.22. The van der Waals surface area contributed by atoms with Gasteiger partial charge >= 0.3 is 0 Å². The average molecular weight is 328 g/mol. The molecule has 4 rings (SSSR count). The number of nitrogens with one attached hydrogen (secondary N) is 1. The van der Waals surface area contributed by atoms with Crippen LogP contribution in [-0.2, 0) is 24.2 Å². The Morgan fingerprint density at radius 3 is 3.12 bits per heavy atom. The fraction of sp³-hybridized carbons (Fsp3) is 0.471. The van der Waals surface area contributed by atoms with Gasteiger partial charge in [0.1, 0.15) is 11.6 Å². The molecule has 0 saturated heterocycles. The third-order valence-corrected chi connectivity index (χ3v) is 4.57. The van der Waals surface area contributed by atoms with E-state index in [4.69, 9.17) is 9.47 Å². The number of amides is 1. The van der Waals surface area contributed by atoms with Gasteiger partial charge < -0.3 is 19.4 Å². The van der Waals surface area contributed by atoms with E-state index in [2.05, 4.69) is 20.1 Å². The minimum Gasteiger partial charge on any atom is -0.454 e. The zero-order valence-corrected chi connectivity index (χ0v) is 13.6. The van der Waals surface area contributed by atoms with Gasteiger partial charge in [-0.25, -0.2) is 0 Å². The number of fused-ring (bicyclic) bond motifs is 2. The quantitative estimate of drug-likeness (QED) is 0.917. The predicted molar refractivity (Wildman–Crippen MR) is 85.9 cm³/mol. The normalized spacial score (nSPS) is 18.3. The summed E-state index contributed by atoms with van der Waals surface area (Å²) in [4.78, 5) is 12.2. The van der Waals surface area contributed by atoms with Crippen molar-refractivity contribution in [2.75, 3.05) is 6.79 Å². The Kier molecular flexibility index (Phi) is 3.84. The lowest BCUT2D eigenvalue weighted by molar-refractivity contribution is -0.122. The van der Waals surface area contributed by atoms with Crippen molar-refractivity contribution < 1.29 is 14.3 Å². The van der Waals surface area contributed by atoms with Crippen molar-refractivity contribution in [2.45, 2.75) is 45.2 Å². The van der Waals surface area contributed by atoms with Gasteiger partial charge in [0, 0.05) is 25.4 Å². The van der Waals surface area contributed by atoms with Gasteiger partial charge in [-0.1, -0.05) is 6.07 Å². The lowest BCUT2D eigenvalue weighted by atomic mass is 10.1. The third-order valence-electron chi connectivity index (χ3n) is 4.57. The van der Waals surface area contributed by atoms with Crippen molar-refractivity contribution in [1.29, 1.82) is 0 Å². The maximum absolute atomic E-state index is 12.2. The van der Waals surface area contributed by atoms with Crippen LogP contribution in [0, 0.1) is 6.92 Å². The summed E-state index contributed by atoms with van der Waals surface area (Å²) in [6.45, 7) is 2.97. The molecule has 1 aromatic heterocycles. The standard InChI is InChI=1S/C17H20N4O3/c1-11-19-20-16-6-4-13(9-21(11)16)18-17(22)7-3-12-2-5-14-15(8-12)24-10-23-14/h2,5,8,13H,3-4,6-7,9-10H2,1H3,(H,18,22)/t13-/m0/s1. The third kappa shape index (κ3) is 2.93. The topological polar surface area (TPSA) is 78.3 Å². The first-order valence-electron chi connectivity index (χ1n) is 8.25. The van der Waals surface area contributed by atoms with Crippen LogP contribution in [0.2, 0.25) is 0 Å². The highest BCUT2D eigenvalue weighted by atomic mass is 16.7. The Bertz CT molecular complexity index is 771. The van der Waals surface area contributed by atoms with Crippen molar-refractivity contribution in [3.63, 3.8) is 0 Å². The Labute approximate surface area is 140 Å². The smallest absolute Gasteiger partial charge is 0.231 e. The zero-order valence-electron chi connectivity index (χ0n) is 13.6. The lowest BCUT2D eigenvalue weighted by Crippen LogP contribution is -2.41. The molecule has 0 unspecified atom stereocenters. The minimum absolute atomic E-state index is 0.0758. The first-order chi connectivity index (χ1) is 11.7. The van der Waals surface area contributed by atoms with Gasteiger partial charge in [-0.3, -0.25) is 4.79 Å². The van der Waals surface area contributed by atoms with Crippen molar-refractivity contribution in [3.8, 4) is 11.5 Å². The molecule has 1 aromatic carbocycles. The fourth-order valence-corrected chi connectivity index (χ4v) is 3.23. The zero-order chi connectivity index (χ0) is 16.5. The van der Waals surface area contributed by atoms with Crippen molar-refractivity contribution in [2.24, 2.45) is 0 Å². The molecule has 24 heavy (non-hydrogen) atoms. The number of rotatable bonds is 4. The SMILES string of the molecule is Cc1nnc2n1C[C@@H](NC(=O)CCc1ccc3c(c1)OCO3)CC2. The second-order valence-corrected chi connectivity index (χ2v) is 6.26. The van der Waals surface area contributed by atoms with Crippen molar-refractivity contribution >= 4 is 5.91 Å². The monoisotopic (exact) mass is 328 g/mol. The Hall–Kier alpha value is -2.57. The van der Waals surface area contributed by atoms with Gasteiger partial charge in [0.2, 0.25) is 12.7 Å². The lowest BCUT2D eigenvalue weighted by Gasteiger charge is -2.24. The summed E-state index contributed by atoms with van der Waals surface area (Å²) < 4.78 is 12.8. The fourth-order valence-electron chi connectivity index (χ4n) is 3.23. The number of hydrogen-bond acceptors (Lipinski definition) is 5.